The fraction of sp³-hybridized carbons (Fsp3) is 0.364. The van der Waals surface area contributed by atoms with Crippen LogP contribution in [-0.2, 0) is 14.6 Å². The average Bonchev–Trinajstić information content (AvgIpc) is 3.41. The smallest absolute Gasteiger partial charge is 0.261 e. The van der Waals surface area contributed by atoms with Crippen molar-refractivity contribution in [1.82, 2.24) is 4.98 Å². The third-order valence-corrected chi connectivity index (χ3v) is 7.27. The highest BCUT2D eigenvalue weighted by atomic mass is 32.2. The van der Waals surface area contributed by atoms with Gasteiger partial charge in [0, 0.05) is 12.9 Å². The Kier molecular flexibility index (Phi) is 6.27. The minimum atomic E-state index is -3.58. The molecule has 3 aromatic rings. The van der Waals surface area contributed by atoms with Gasteiger partial charge >= 0.3 is 0 Å². The second-order valence-electron chi connectivity index (χ2n) is 7.35. The molecule has 7 nitrogen and oxygen atoms in total. The fourth-order valence-corrected chi connectivity index (χ4v) is 5.52. The Morgan fingerprint density at radius 1 is 1.26 bits per heavy atom. The van der Waals surface area contributed by atoms with Crippen molar-refractivity contribution in [3.05, 3.63) is 48.0 Å². The first-order valence-corrected chi connectivity index (χ1v) is 12.8. The van der Waals surface area contributed by atoms with Crippen LogP contribution in [0.4, 0.5) is 5.13 Å². The number of aromatic nitrogens is 1. The van der Waals surface area contributed by atoms with E-state index in [1.54, 1.807) is 23.1 Å². The fourth-order valence-electron chi connectivity index (χ4n) is 3.65. The molecule has 0 aliphatic carbocycles. The van der Waals surface area contributed by atoms with Crippen molar-refractivity contribution in [2.45, 2.75) is 30.8 Å². The summed E-state index contributed by atoms with van der Waals surface area (Å²) in [6.07, 6.45) is 2.76. The van der Waals surface area contributed by atoms with Crippen LogP contribution < -0.4 is 9.64 Å². The van der Waals surface area contributed by atoms with Gasteiger partial charge in [-0.1, -0.05) is 29.5 Å². The van der Waals surface area contributed by atoms with E-state index < -0.39 is 15.7 Å². The van der Waals surface area contributed by atoms with Crippen LogP contribution in [0.25, 0.3) is 10.2 Å². The number of rotatable bonds is 7. The summed E-state index contributed by atoms with van der Waals surface area (Å²) in [7, 11) is -3.58. The summed E-state index contributed by atoms with van der Waals surface area (Å²) < 4.78 is 36.9. The zero-order valence-electron chi connectivity index (χ0n) is 17.4. The first-order chi connectivity index (χ1) is 14.9. The second-order valence-corrected chi connectivity index (χ2v) is 10.3. The molecular weight excluding hydrogens is 436 g/mol. The molecule has 1 amide bonds. The summed E-state index contributed by atoms with van der Waals surface area (Å²) in [6, 6.07) is 11.9. The number of thiazole rings is 1. The molecule has 4 rings (SSSR count). The molecule has 2 aromatic carbocycles. The molecule has 1 aliphatic rings. The van der Waals surface area contributed by atoms with E-state index in [1.165, 1.54) is 17.4 Å². The highest BCUT2D eigenvalue weighted by Crippen LogP contribution is 2.35. The molecule has 1 unspecified atom stereocenters. The highest BCUT2D eigenvalue weighted by molar-refractivity contribution is 7.90. The molecular formula is C22H24N2O5S2. The lowest BCUT2D eigenvalue weighted by atomic mass is 10.1. The largest absolute Gasteiger partial charge is 0.492 e. The van der Waals surface area contributed by atoms with Crippen LogP contribution in [0.1, 0.15) is 30.1 Å². The Morgan fingerprint density at radius 2 is 2.06 bits per heavy atom. The standard InChI is InChI=1S/C22H24N2O5S2/c1-3-28-17-10-6-11-18-20(17)23-22(30-18)24(14-15-8-7-13-29-15)21(25)16-9-4-5-12-19(16)31(2,26)27/h4-6,9-12,15H,3,7-8,13-14H2,1-2H3. The Labute approximate surface area is 185 Å². The number of amides is 1. The molecule has 1 fully saturated rings. The molecule has 0 bridgehead atoms. The van der Waals surface area contributed by atoms with Crippen molar-refractivity contribution in [3.63, 3.8) is 0 Å². The Hall–Kier alpha value is -2.49. The van der Waals surface area contributed by atoms with Crippen molar-refractivity contribution in [1.29, 1.82) is 0 Å². The zero-order valence-corrected chi connectivity index (χ0v) is 19.0. The van der Waals surface area contributed by atoms with Crippen LogP contribution in [0.5, 0.6) is 5.75 Å². The second kappa shape index (κ2) is 8.94. The number of para-hydroxylation sites is 1. The minimum absolute atomic E-state index is 0.00783. The molecule has 1 saturated heterocycles. The lowest BCUT2D eigenvalue weighted by Crippen LogP contribution is -2.38. The maximum Gasteiger partial charge on any atom is 0.261 e. The minimum Gasteiger partial charge on any atom is -0.492 e. The normalized spacial score (nSPS) is 16.5. The SMILES string of the molecule is CCOc1cccc2sc(N(CC3CCCO3)C(=O)c3ccccc3S(C)(=O)=O)nc12. The van der Waals surface area contributed by atoms with Crippen molar-refractivity contribution in [2.75, 3.05) is 30.9 Å². The molecule has 9 heteroatoms. The van der Waals surface area contributed by atoms with Gasteiger partial charge in [-0.25, -0.2) is 13.4 Å². The first-order valence-electron chi connectivity index (χ1n) is 10.1. The summed E-state index contributed by atoms with van der Waals surface area (Å²) in [6.45, 7) is 3.37. The third-order valence-electron chi connectivity index (χ3n) is 5.07. The van der Waals surface area contributed by atoms with Gasteiger partial charge in [0.15, 0.2) is 15.0 Å². The van der Waals surface area contributed by atoms with Crippen LogP contribution in [0.15, 0.2) is 47.4 Å². The maximum atomic E-state index is 13.6. The van der Waals surface area contributed by atoms with Gasteiger partial charge in [0.25, 0.3) is 5.91 Å². The monoisotopic (exact) mass is 460 g/mol. The highest BCUT2D eigenvalue weighted by Gasteiger charge is 2.30. The average molecular weight is 461 g/mol. The molecule has 1 aliphatic heterocycles. The molecule has 0 radical (unpaired) electrons. The van der Waals surface area contributed by atoms with Crippen LogP contribution in [-0.4, -0.2) is 51.4 Å². The van der Waals surface area contributed by atoms with Gasteiger partial charge in [-0.15, -0.1) is 0 Å². The van der Waals surface area contributed by atoms with E-state index in [0.717, 1.165) is 23.8 Å². The Balaban J connectivity index is 1.80. The molecule has 31 heavy (non-hydrogen) atoms. The summed E-state index contributed by atoms with van der Waals surface area (Å²) >= 11 is 1.37. The molecule has 2 heterocycles. The molecule has 1 atom stereocenters. The van der Waals surface area contributed by atoms with Gasteiger partial charge in [-0.3, -0.25) is 9.69 Å². The predicted molar refractivity (Wildman–Crippen MR) is 121 cm³/mol. The van der Waals surface area contributed by atoms with Gasteiger partial charge < -0.3 is 9.47 Å². The number of nitrogens with zero attached hydrogens (tertiary/aromatic N) is 2. The van der Waals surface area contributed by atoms with Gasteiger partial charge in [0.1, 0.15) is 11.3 Å². The van der Waals surface area contributed by atoms with E-state index in [2.05, 4.69) is 0 Å². The number of fused-ring (bicyclic) bond motifs is 1. The molecule has 0 N–H and O–H groups in total. The molecule has 1 aromatic heterocycles. The van der Waals surface area contributed by atoms with E-state index in [-0.39, 0.29) is 16.6 Å². The predicted octanol–water partition coefficient (Wildman–Crippen LogP) is 3.92. The number of hydrogen-bond acceptors (Lipinski definition) is 7. The van der Waals surface area contributed by atoms with E-state index in [0.29, 0.717) is 36.2 Å². The van der Waals surface area contributed by atoms with E-state index >= 15 is 0 Å². The van der Waals surface area contributed by atoms with Gasteiger partial charge in [0.2, 0.25) is 0 Å². The summed E-state index contributed by atoms with van der Waals surface area (Å²) in [5, 5.41) is 0.492. The summed E-state index contributed by atoms with van der Waals surface area (Å²) in [4.78, 5) is 19.9. The molecule has 0 spiro atoms. The van der Waals surface area contributed by atoms with Crippen molar-refractivity contribution < 1.29 is 22.7 Å². The Morgan fingerprint density at radius 3 is 2.77 bits per heavy atom. The Bertz CT molecular complexity index is 1200. The zero-order chi connectivity index (χ0) is 22.0. The third kappa shape index (κ3) is 4.58. The van der Waals surface area contributed by atoms with Gasteiger partial charge in [0.05, 0.1) is 34.4 Å². The van der Waals surface area contributed by atoms with Crippen LogP contribution in [0.3, 0.4) is 0 Å². The number of carbonyl (C=O) groups excluding carboxylic acids is 1. The quantitative estimate of drug-likeness (QED) is 0.531. The van der Waals surface area contributed by atoms with Gasteiger partial charge in [-0.05, 0) is 44.0 Å². The number of hydrogen-bond donors (Lipinski definition) is 0. The van der Waals surface area contributed by atoms with E-state index in [1.807, 2.05) is 25.1 Å². The van der Waals surface area contributed by atoms with E-state index in [4.69, 9.17) is 14.5 Å². The number of carbonyl (C=O) groups is 1. The van der Waals surface area contributed by atoms with Crippen LogP contribution in [0, 0.1) is 0 Å². The van der Waals surface area contributed by atoms with Crippen LogP contribution >= 0.6 is 11.3 Å². The first kappa shape index (κ1) is 21.7. The lowest BCUT2D eigenvalue weighted by molar-refractivity contribution is 0.0915. The van der Waals surface area contributed by atoms with Crippen LogP contribution in [0.2, 0.25) is 0 Å². The number of anilines is 1. The van der Waals surface area contributed by atoms with Crippen molar-refractivity contribution >= 4 is 42.4 Å². The topological polar surface area (TPSA) is 85.8 Å². The number of benzene rings is 2. The number of ether oxygens (including phenoxy) is 2. The summed E-state index contributed by atoms with van der Waals surface area (Å²) in [5.74, 6) is 0.247. The van der Waals surface area contributed by atoms with E-state index in [9.17, 15) is 13.2 Å². The summed E-state index contributed by atoms with van der Waals surface area (Å²) in [5.41, 5.74) is 0.818. The molecule has 0 saturated carbocycles. The lowest BCUT2D eigenvalue weighted by Gasteiger charge is -2.24. The number of sulfone groups is 1. The molecule has 164 valence electrons. The van der Waals surface area contributed by atoms with Crippen molar-refractivity contribution in [3.8, 4) is 5.75 Å². The van der Waals surface area contributed by atoms with Crippen molar-refractivity contribution in [2.24, 2.45) is 0 Å². The van der Waals surface area contributed by atoms with Gasteiger partial charge in [-0.2, -0.15) is 0 Å². The maximum absolute atomic E-state index is 13.6.